The molecule has 0 aliphatic rings. The molecule has 4 rings (SSSR count). The van der Waals surface area contributed by atoms with Gasteiger partial charge in [0.15, 0.2) is 0 Å². The monoisotopic (exact) mass is 406 g/mol. The number of benzene rings is 2. The first-order valence-corrected chi connectivity index (χ1v) is 10.6. The molecular formula is C24H30N4O2+2. The van der Waals surface area contributed by atoms with Crippen LogP contribution >= 0.6 is 0 Å². The second kappa shape index (κ2) is 9.48. The highest BCUT2D eigenvalue weighted by molar-refractivity contribution is 5.93. The van der Waals surface area contributed by atoms with E-state index in [2.05, 4.69) is 81.7 Å². The SMILES string of the molecule is CCn1cc[n+](CCOc2cccc3c(OCC[n+]4ccn(CC)c4)cccc23)c1. The van der Waals surface area contributed by atoms with Gasteiger partial charge in [-0.25, -0.2) is 18.3 Å². The van der Waals surface area contributed by atoms with E-state index in [1.54, 1.807) is 0 Å². The summed E-state index contributed by atoms with van der Waals surface area (Å²) in [7, 11) is 0. The molecule has 0 saturated heterocycles. The maximum absolute atomic E-state index is 6.12. The van der Waals surface area contributed by atoms with Crippen molar-refractivity contribution in [3.05, 3.63) is 73.8 Å². The summed E-state index contributed by atoms with van der Waals surface area (Å²) in [4.78, 5) is 0. The lowest BCUT2D eigenvalue weighted by Crippen LogP contribution is -2.34. The highest BCUT2D eigenvalue weighted by Crippen LogP contribution is 2.32. The highest BCUT2D eigenvalue weighted by Gasteiger charge is 2.09. The molecule has 0 N–H and O–H groups in total. The van der Waals surface area contributed by atoms with Crippen molar-refractivity contribution >= 4 is 10.8 Å². The van der Waals surface area contributed by atoms with E-state index in [-0.39, 0.29) is 0 Å². The molecule has 2 aromatic heterocycles. The summed E-state index contributed by atoms with van der Waals surface area (Å²) in [6.07, 6.45) is 12.5. The molecule has 156 valence electrons. The van der Waals surface area contributed by atoms with Gasteiger partial charge in [0, 0.05) is 10.8 Å². The summed E-state index contributed by atoms with van der Waals surface area (Å²) >= 11 is 0. The van der Waals surface area contributed by atoms with Crippen LogP contribution in [0.3, 0.4) is 0 Å². The topological polar surface area (TPSA) is 36.1 Å². The minimum Gasteiger partial charge on any atom is -0.489 e. The molecule has 6 nitrogen and oxygen atoms in total. The Labute approximate surface area is 177 Å². The number of rotatable bonds is 10. The van der Waals surface area contributed by atoms with Gasteiger partial charge in [0.25, 0.3) is 0 Å². The fourth-order valence-corrected chi connectivity index (χ4v) is 3.54. The van der Waals surface area contributed by atoms with Gasteiger partial charge in [0.1, 0.15) is 62.6 Å². The minimum absolute atomic E-state index is 0.619. The number of ether oxygens (including phenoxy) is 2. The molecule has 0 aliphatic carbocycles. The van der Waals surface area contributed by atoms with E-state index in [0.717, 1.165) is 48.5 Å². The second-order valence-corrected chi connectivity index (χ2v) is 7.27. The fourth-order valence-electron chi connectivity index (χ4n) is 3.54. The van der Waals surface area contributed by atoms with E-state index in [4.69, 9.17) is 9.47 Å². The average Bonchev–Trinajstić information content (AvgIpc) is 3.43. The molecular weight excluding hydrogens is 376 g/mol. The maximum atomic E-state index is 6.12. The molecule has 30 heavy (non-hydrogen) atoms. The third kappa shape index (κ3) is 4.64. The third-order valence-corrected chi connectivity index (χ3v) is 5.28. The maximum Gasteiger partial charge on any atom is 0.243 e. The first-order valence-electron chi connectivity index (χ1n) is 10.6. The Morgan fingerprint density at radius 2 is 1.17 bits per heavy atom. The normalized spacial score (nSPS) is 11.1. The average molecular weight is 407 g/mol. The van der Waals surface area contributed by atoms with E-state index >= 15 is 0 Å². The van der Waals surface area contributed by atoms with Gasteiger partial charge in [-0.1, -0.05) is 24.3 Å². The van der Waals surface area contributed by atoms with Crippen LogP contribution in [0.1, 0.15) is 13.8 Å². The zero-order valence-corrected chi connectivity index (χ0v) is 17.8. The molecule has 4 aromatic rings. The molecule has 2 aromatic carbocycles. The molecule has 2 heterocycles. The van der Waals surface area contributed by atoms with Gasteiger partial charge in [0.05, 0.1) is 13.1 Å². The van der Waals surface area contributed by atoms with E-state index in [9.17, 15) is 0 Å². The van der Waals surface area contributed by atoms with E-state index in [0.29, 0.717) is 13.2 Å². The Hall–Kier alpha value is -3.28. The van der Waals surface area contributed by atoms with Crippen molar-refractivity contribution in [3.8, 4) is 11.5 Å². The van der Waals surface area contributed by atoms with Crippen LogP contribution in [0, 0.1) is 0 Å². The first-order chi connectivity index (χ1) is 14.8. The number of aromatic nitrogens is 4. The molecule has 0 unspecified atom stereocenters. The Kier molecular flexibility index (Phi) is 6.32. The van der Waals surface area contributed by atoms with Gasteiger partial charge < -0.3 is 9.47 Å². The lowest BCUT2D eigenvalue weighted by molar-refractivity contribution is -0.697. The largest absolute Gasteiger partial charge is 0.489 e. The van der Waals surface area contributed by atoms with Crippen LogP contribution < -0.4 is 18.6 Å². The quantitative estimate of drug-likeness (QED) is 0.379. The van der Waals surface area contributed by atoms with Crippen molar-refractivity contribution in [3.63, 3.8) is 0 Å². The zero-order chi connectivity index (χ0) is 20.8. The van der Waals surface area contributed by atoms with Crippen LogP contribution in [-0.4, -0.2) is 22.3 Å². The Morgan fingerprint density at radius 1 is 0.700 bits per heavy atom. The number of nitrogens with zero attached hydrogens (tertiary/aromatic N) is 4. The van der Waals surface area contributed by atoms with Crippen LogP contribution in [0.25, 0.3) is 10.8 Å². The van der Waals surface area contributed by atoms with E-state index < -0.39 is 0 Å². The summed E-state index contributed by atoms with van der Waals surface area (Å²) < 4.78 is 20.8. The summed E-state index contributed by atoms with van der Waals surface area (Å²) in [5.41, 5.74) is 0. The van der Waals surface area contributed by atoms with Gasteiger partial charge >= 0.3 is 0 Å². The number of hydrogen-bond acceptors (Lipinski definition) is 2. The first kappa shape index (κ1) is 20.0. The third-order valence-electron chi connectivity index (χ3n) is 5.28. The van der Waals surface area contributed by atoms with Crippen LogP contribution in [0.2, 0.25) is 0 Å². The van der Waals surface area contributed by atoms with Crippen LogP contribution in [0.15, 0.2) is 73.8 Å². The van der Waals surface area contributed by atoms with Crippen molar-refractivity contribution in [2.45, 2.75) is 40.0 Å². The Balaban J connectivity index is 1.40. The van der Waals surface area contributed by atoms with Crippen molar-refractivity contribution < 1.29 is 18.6 Å². The van der Waals surface area contributed by atoms with Gasteiger partial charge in [-0.2, -0.15) is 0 Å². The fraction of sp³-hybridized carbons (Fsp3) is 0.333. The minimum atomic E-state index is 0.619. The standard InChI is InChI=1S/C24H30N4O2/c1-3-25-11-13-27(19-25)15-17-29-23-9-5-8-22-21(23)7-6-10-24(22)30-18-16-28-14-12-26(4-2)20-28/h5-14,19-20H,3-4,15-18H2,1-2H3/q+2. The molecule has 6 heteroatoms. The molecule has 0 amide bonds. The Morgan fingerprint density at radius 3 is 1.57 bits per heavy atom. The number of hydrogen-bond donors (Lipinski definition) is 0. The lowest BCUT2D eigenvalue weighted by Gasteiger charge is -2.12. The lowest BCUT2D eigenvalue weighted by atomic mass is 10.1. The van der Waals surface area contributed by atoms with Gasteiger partial charge in [-0.15, -0.1) is 0 Å². The number of imidazole rings is 2. The van der Waals surface area contributed by atoms with Crippen molar-refractivity contribution in [1.82, 2.24) is 9.13 Å². The van der Waals surface area contributed by atoms with E-state index in [1.807, 2.05) is 24.3 Å². The number of fused-ring (bicyclic) bond motifs is 1. The predicted octanol–water partition coefficient (Wildman–Crippen LogP) is 3.22. The highest BCUT2D eigenvalue weighted by atomic mass is 16.5. The Bertz CT molecular complexity index is 1010. The van der Waals surface area contributed by atoms with Crippen LogP contribution in [-0.2, 0) is 26.2 Å². The van der Waals surface area contributed by atoms with Crippen LogP contribution in [0.4, 0.5) is 0 Å². The van der Waals surface area contributed by atoms with Crippen molar-refractivity contribution in [2.24, 2.45) is 0 Å². The summed E-state index contributed by atoms with van der Waals surface area (Å²) in [5.74, 6) is 1.78. The molecule has 0 bridgehead atoms. The zero-order valence-electron chi connectivity index (χ0n) is 17.8. The summed E-state index contributed by atoms with van der Waals surface area (Å²) in [6, 6.07) is 12.3. The molecule has 0 saturated carbocycles. The molecule has 0 aliphatic heterocycles. The second-order valence-electron chi connectivity index (χ2n) is 7.27. The number of aryl methyl sites for hydroxylation is 2. The summed E-state index contributed by atoms with van der Waals surface area (Å²) in [6.45, 7) is 9.09. The molecule has 0 fully saturated rings. The molecule has 0 atom stereocenters. The van der Waals surface area contributed by atoms with E-state index in [1.165, 1.54) is 0 Å². The smallest absolute Gasteiger partial charge is 0.243 e. The summed E-state index contributed by atoms with van der Waals surface area (Å²) in [5, 5.41) is 2.16. The molecule has 0 radical (unpaired) electrons. The van der Waals surface area contributed by atoms with Gasteiger partial charge in [-0.3, -0.25) is 0 Å². The predicted molar refractivity (Wildman–Crippen MR) is 116 cm³/mol. The van der Waals surface area contributed by atoms with Crippen molar-refractivity contribution in [1.29, 1.82) is 0 Å². The molecule has 0 spiro atoms. The van der Waals surface area contributed by atoms with Gasteiger partial charge in [-0.05, 0) is 26.0 Å². The van der Waals surface area contributed by atoms with Crippen LogP contribution in [0.5, 0.6) is 11.5 Å². The van der Waals surface area contributed by atoms with Crippen molar-refractivity contribution in [2.75, 3.05) is 13.2 Å². The van der Waals surface area contributed by atoms with Gasteiger partial charge in [0.2, 0.25) is 12.7 Å².